The third-order valence-corrected chi connectivity index (χ3v) is 8.05. The number of alkyl halides is 3. The smallest absolute Gasteiger partial charge is 0.385 e. The van der Waals surface area contributed by atoms with Crippen molar-refractivity contribution in [2.24, 2.45) is 5.92 Å². The van der Waals surface area contributed by atoms with Crippen LogP contribution >= 0.6 is 11.8 Å². The van der Waals surface area contributed by atoms with Crippen molar-refractivity contribution in [3.8, 4) is 6.07 Å². The Hall–Kier alpha value is -2.45. The van der Waals surface area contributed by atoms with Gasteiger partial charge in [-0.25, -0.2) is 0 Å². The molecule has 0 saturated carbocycles. The van der Waals surface area contributed by atoms with Crippen LogP contribution in [0, 0.1) is 17.2 Å². The third kappa shape index (κ3) is 8.30. The van der Waals surface area contributed by atoms with Crippen molar-refractivity contribution in [3.05, 3.63) is 29.8 Å². The first-order valence-electron chi connectivity index (χ1n) is 12.5. The summed E-state index contributed by atoms with van der Waals surface area (Å²) < 4.78 is 37.2. The maximum Gasteiger partial charge on any atom is 0.405 e. The van der Waals surface area contributed by atoms with E-state index in [0.717, 1.165) is 18.7 Å². The number of nitrogens with zero attached hydrogens (tertiary/aromatic N) is 3. The summed E-state index contributed by atoms with van der Waals surface area (Å²) in [5.74, 6) is -2.29. The van der Waals surface area contributed by atoms with E-state index in [0.29, 0.717) is 19.5 Å². The summed E-state index contributed by atoms with van der Waals surface area (Å²) in [5, 5.41) is 13.7. The fraction of sp³-hybridized carbons (Fsp3) is 0.640. The summed E-state index contributed by atoms with van der Waals surface area (Å²) in [4.78, 5) is 29.1. The molecule has 198 valence electrons. The van der Waals surface area contributed by atoms with Gasteiger partial charge in [0.25, 0.3) is 0 Å². The van der Waals surface area contributed by atoms with E-state index in [-0.39, 0.29) is 17.6 Å². The van der Waals surface area contributed by atoms with Gasteiger partial charge in [-0.15, -0.1) is 11.8 Å². The Labute approximate surface area is 214 Å². The molecule has 2 N–H and O–H groups in total. The molecule has 2 aliphatic rings. The van der Waals surface area contributed by atoms with Crippen LogP contribution < -0.4 is 10.6 Å². The van der Waals surface area contributed by atoms with Gasteiger partial charge in [0, 0.05) is 31.7 Å². The number of hydrogen-bond acceptors (Lipinski definition) is 6. The van der Waals surface area contributed by atoms with Crippen molar-refractivity contribution in [2.45, 2.75) is 55.8 Å². The number of hydrogen-bond donors (Lipinski definition) is 2. The Morgan fingerprint density at radius 2 is 2.06 bits per heavy atom. The van der Waals surface area contributed by atoms with Gasteiger partial charge in [-0.2, -0.15) is 18.4 Å². The number of carbonyl (C=O) groups excluding carboxylic acids is 2. The highest BCUT2D eigenvalue weighted by Gasteiger charge is 2.41. The lowest BCUT2D eigenvalue weighted by Gasteiger charge is -2.23. The molecular weight excluding hydrogens is 491 g/mol. The molecule has 2 amide bonds. The average molecular weight is 526 g/mol. The van der Waals surface area contributed by atoms with E-state index in [1.807, 2.05) is 19.1 Å². The number of benzene rings is 1. The van der Waals surface area contributed by atoms with Gasteiger partial charge in [0.2, 0.25) is 11.8 Å². The van der Waals surface area contributed by atoms with Gasteiger partial charge in [-0.1, -0.05) is 12.1 Å². The number of thioether (sulfide) groups is 1. The van der Waals surface area contributed by atoms with Gasteiger partial charge in [0.05, 0.1) is 16.7 Å². The van der Waals surface area contributed by atoms with Crippen LogP contribution in [0.3, 0.4) is 0 Å². The minimum absolute atomic E-state index is 0.00652. The summed E-state index contributed by atoms with van der Waals surface area (Å²) in [6.45, 7) is 4.72. The molecule has 36 heavy (non-hydrogen) atoms. The van der Waals surface area contributed by atoms with Crippen LogP contribution in [0.25, 0.3) is 0 Å². The van der Waals surface area contributed by atoms with Crippen LogP contribution in [0.1, 0.15) is 38.2 Å². The number of anilines is 1. The second-order valence-electron chi connectivity index (χ2n) is 9.17. The van der Waals surface area contributed by atoms with Gasteiger partial charge in [0.15, 0.2) is 0 Å². The molecule has 1 aromatic rings. The second kappa shape index (κ2) is 13.2. The minimum atomic E-state index is -4.55. The maximum atomic E-state index is 12.9. The lowest BCUT2D eigenvalue weighted by Crippen LogP contribution is -2.40. The molecule has 2 saturated heterocycles. The molecule has 0 spiro atoms. The fourth-order valence-corrected chi connectivity index (χ4v) is 6.18. The van der Waals surface area contributed by atoms with Crippen LogP contribution in [0.15, 0.2) is 24.3 Å². The van der Waals surface area contributed by atoms with E-state index >= 15 is 0 Å². The van der Waals surface area contributed by atoms with E-state index in [1.165, 1.54) is 43.3 Å². The molecule has 3 atom stereocenters. The van der Waals surface area contributed by atoms with Gasteiger partial charge in [-0.3, -0.25) is 9.59 Å². The van der Waals surface area contributed by atoms with Gasteiger partial charge < -0.3 is 20.4 Å². The molecule has 7 nitrogen and oxygen atoms in total. The van der Waals surface area contributed by atoms with Crippen LogP contribution in [0.5, 0.6) is 0 Å². The van der Waals surface area contributed by atoms with E-state index in [4.69, 9.17) is 0 Å². The van der Waals surface area contributed by atoms with Gasteiger partial charge in [0.1, 0.15) is 12.5 Å². The predicted molar refractivity (Wildman–Crippen MR) is 134 cm³/mol. The first-order valence-corrected chi connectivity index (χ1v) is 13.4. The van der Waals surface area contributed by atoms with Crippen molar-refractivity contribution in [3.63, 3.8) is 0 Å². The average Bonchev–Trinajstić information content (AvgIpc) is 3.47. The highest BCUT2D eigenvalue weighted by Crippen LogP contribution is 2.37. The Morgan fingerprint density at radius 3 is 2.72 bits per heavy atom. The summed E-state index contributed by atoms with van der Waals surface area (Å²) in [6, 6.07) is 10.1. The van der Waals surface area contributed by atoms with E-state index in [2.05, 4.69) is 22.3 Å². The summed E-state index contributed by atoms with van der Waals surface area (Å²) in [7, 11) is 0. The Morgan fingerprint density at radius 1 is 1.31 bits per heavy atom. The van der Waals surface area contributed by atoms with Crippen molar-refractivity contribution >= 4 is 29.3 Å². The summed E-state index contributed by atoms with van der Waals surface area (Å²) >= 11 is 1.37. The zero-order chi connectivity index (χ0) is 26.1. The molecule has 0 aromatic heterocycles. The molecule has 1 aromatic carbocycles. The molecular formula is C25H34F3N5O2S. The highest BCUT2D eigenvalue weighted by atomic mass is 32.2. The molecule has 11 heteroatoms. The van der Waals surface area contributed by atoms with Crippen molar-refractivity contribution in [1.29, 1.82) is 5.26 Å². The first kappa shape index (κ1) is 28.1. The minimum Gasteiger partial charge on any atom is -0.385 e. The molecule has 2 heterocycles. The third-order valence-electron chi connectivity index (χ3n) is 6.52. The number of halogens is 3. The van der Waals surface area contributed by atoms with Crippen LogP contribution in [0.4, 0.5) is 18.9 Å². The monoisotopic (exact) mass is 525 g/mol. The number of nitriles is 1. The first-order chi connectivity index (χ1) is 17.2. The highest BCUT2D eigenvalue weighted by molar-refractivity contribution is 8.01. The van der Waals surface area contributed by atoms with E-state index in [9.17, 15) is 28.0 Å². The number of amides is 2. The quantitative estimate of drug-likeness (QED) is 0.433. The van der Waals surface area contributed by atoms with Crippen LogP contribution in [-0.2, 0) is 16.0 Å². The zero-order valence-corrected chi connectivity index (χ0v) is 21.3. The molecule has 0 aliphatic carbocycles. The predicted octanol–water partition coefficient (Wildman–Crippen LogP) is 3.63. The summed E-state index contributed by atoms with van der Waals surface area (Å²) in [5.41, 5.74) is 2.26. The zero-order valence-electron chi connectivity index (χ0n) is 20.5. The molecule has 0 radical (unpaired) electrons. The molecule has 0 bridgehead atoms. The van der Waals surface area contributed by atoms with Crippen LogP contribution in [0.2, 0.25) is 0 Å². The van der Waals surface area contributed by atoms with Crippen molar-refractivity contribution < 1.29 is 22.8 Å². The molecule has 2 aliphatic heterocycles. The maximum absolute atomic E-state index is 12.9. The van der Waals surface area contributed by atoms with Crippen LogP contribution in [-0.4, -0.2) is 77.7 Å². The number of nitrogens with one attached hydrogen (secondary N) is 2. The van der Waals surface area contributed by atoms with Gasteiger partial charge >= 0.3 is 6.18 Å². The van der Waals surface area contributed by atoms with E-state index in [1.54, 1.807) is 16.3 Å². The van der Waals surface area contributed by atoms with Crippen molar-refractivity contribution in [1.82, 2.24) is 15.1 Å². The number of carbonyl (C=O) groups is 2. The Bertz CT molecular complexity index is 933. The fourth-order valence-electron chi connectivity index (χ4n) is 4.59. The second-order valence-corrected chi connectivity index (χ2v) is 10.6. The number of rotatable bonds is 12. The van der Waals surface area contributed by atoms with E-state index < -0.39 is 29.9 Å². The molecule has 3 rings (SSSR count). The molecule has 3 unspecified atom stereocenters. The lowest BCUT2D eigenvalue weighted by atomic mass is 10.1. The van der Waals surface area contributed by atoms with Crippen molar-refractivity contribution in [2.75, 3.05) is 44.6 Å². The normalized spacial score (nSPS) is 21.4. The standard InChI is InChI=1S/C25H34F3N5O2S/c1-2-33-22(15-19(16-29)23(34)31-17-25(26,27)28)36-21(24(33)35)8-10-30-20-7-5-6-18(14-20)9-13-32-11-3-4-12-32/h5-7,14,19,21-22,30H,2-4,8-13,15,17H2,1H3,(H,31,34). The lowest BCUT2D eigenvalue weighted by molar-refractivity contribution is -0.140. The summed E-state index contributed by atoms with van der Waals surface area (Å²) in [6.07, 6.45) is -0.444. The Balaban J connectivity index is 1.48. The number of likely N-dealkylation sites (tertiary alicyclic amines) is 1. The SMILES string of the molecule is CCN1C(=O)C(CCNc2cccc(CCN3CCCC3)c2)SC1CC(C#N)C(=O)NCC(F)(F)F. The Kier molecular flexibility index (Phi) is 10.3. The van der Waals surface area contributed by atoms with Gasteiger partial charge in [-0.05, 0) is 63.4 Å². The molecule has 2 fully saturated rings. The largest absolute Gasteiger partial charge is 0.405 e. The topological polar surface area (TPSA) is 88.5 Å².